The van der Waals surface area contributed by atoms with Crippen molar-refractivity contribution in [1.29, 1.82) is 0 Å². The van der Waals surface area contributed by atoms with Crippen LogP contribution in [0.2, 0.25) is 0 Å². The van der Waals surface area contributed by atoms with Gasteiger partial charge in [-0.1, -0.05) is 27.3 Å². The Morgan fingerprint density at radius 2 is 2.14 bits per heavy atom. The summed E-state index contributed by atoms with van der Waals surface area (Å²) in [6, 6.07) is 4.39. The highest BCUT2D eigenvalue weighted by molar-refractivity contribution is 9.10. The Bertz CT molecular complexity index is 471. The maximum Gasteiger partial charge on any atom is 0.203 e. The lowest BCUT2D eigenvalue weighted by Gasteiger charge is -1.98. The van der Waals surface area contributed by atoms with Crippen molar-refractivity contribution < 1.29 is 4.39 Å². The lowest BCUT2D eigenvalue weighted by atomic mass is 10.2. The molecule has 1 aromatic carbocycles. The summed E-state index contributed by atoms with van der Waals surface area (Å²) in [7, 11) is 0. The first-order valence-corrected chi connectivity index (χ1v) is 5.32. The SMILES string of the molecule is Nc1nnc(-c2cc(F)ccc2Br)s1. The van der Waals surface area contributed by atoms with Gasteiger partial charge in [0, 0.05) is 10.0 Å². The Labute approximate surface area is 91.9 Å². The summed E-state index contributed by atoms with van der Waals surface area (Å²) in [5.41, 5.74) is 6.11. The first-order chi connectivity index (χ1) is 6.66. The van der Waals surface area contributed by atoms with E-state index < -0.39 is 0 Å². The van der Waals surface area contributed by atoms with Crippen molar-refractivity contribution in [3.8, 4) is 10.6 Å². The minimum atomic E-state index is -0.308. The Kier molecular flexibility index (Phi) is 2.47. The van der Waals surface area contributed by atoms with E-state index in [0.29, 0.717) is 15.7 Å². The lowest BCUT2D eigenvalue weighted by molar-refractivity contribution is 0.628. The Hall–Kier alpha value is -1.01. The van der Waals surface area contributed by atoms with Gasteiger partial charge in [0.15, 0.2) is 5.01 Å². The molecule has 0 radical (unpaired) electrons. The molecule has 2 N–H and O–H groups in total. The molecular weight excluding hydrogens is 269 g/mol. The minimum Gasteiger partial charge on any atom is -0.374 e. The van der Waals surface area contributed by atoms with E-state index in [9.17, 15) is 4.39 Å². The quantitative estimate of drug-likeness (QED) is 0.869. The van der Waals surface area contributed by atoms with Crippen LogP contribution in [-0.2, 0) is 0 Å². The van der Waals surface area contributed by atoms with Gasteiger partial charge in [-0.25, -0.2) is 4.39 Å². The average molecular weight is 274 g/mol. The Balaban J connectivity index is 2.55. The van der Waals surface area contributed by atoms with Crippen LogP contribution in [0.3, 0.4) is 0 Å². The van der Waals surface area contributed by atoms with Gasteiger partial charge >= 0.3 is 0 Å². The Morgan fingerprint density at radius 1 is 1.36 bits per heavy atom. The molecule has 0 spiro atoms. The molecule has 1 heterocycles. The summed E-state index contributed by atoms with van der Waals surface area (Å²) in [5.74, 6) is -0.308. The average Bonchev–Trinajstić information content (AvgIpc) is 2.56. The van der Waals surface area contributed by atoms with Gasteiger partial charge < -0.3 is 5.73 Å². The standard InChI is InChI=1S/C8H5BrFN3S/c9-6-2-1-4(10)3-5(6)7-12-13-8(11)14-7/h1-3H,(H2,11,13). The highest BCUT2D eigenvalue weighted by Crippen LogP contribution is 2.31. The van der Waals surface area contributed by atoms with Crippen LogP contribution < -0.4 is 5.73 Å². The molecule has 0 saturated carbocycles. The molecule has 2 aromatic rings. The molecule has 0 fully saturated rings. The number of nitrogens with zero attached hydrogens (tertiary/aromatic N) is 2. The summed E-state index contributed by atoms with van der Waals surface area (Å²) < 4.78 is 13.7. The summed E-state index contributed by atoms with van der Waals surface area (Å²) in [5, 5.41) is 8.48. The van der Waals surface area contributed by atoms with Gasteiger partial charge in [0.1, 0.15) is 5.82 Å². The van der Waals surface area contributed by atoms with Crippen LogP contribution >= 0.6 is 27.3 Å². The highest BCUT2D eigenvalue weighted by atomic mass is 79.9. The van der Waals surface area contributed by atoms with Crippen molar-refractivity contribution in [2.45, 2.75) is 0 Å². The monoisotopic (exact) mass is 273 g/mol. The third-order valence-corrected chi connectivity index (χ3v) is 3.08. The predicted molar refractivity (Wildman–Crippen MR) is 57.4 cm³/mol. The van der Waals surface area contributed by atoms with Crippen LogP contribution in [0.25, 0.3) is 10.6 Å². The second-order valence-electron chi connectivity index (χ2n) is 2.57. The summed E-state index contributed by atoms with van der Waals surface area (Å²) >= 11 is 4.53. The predicted octanol–water partition coefficient (Wildman–Crippen LogP) is 2.69. The molecule has 0 unspecified atom stereocenters. The van der Waals surface area contributed by atoms with E-state index in [2.05, 4.69) is 26.1 Å². The van der Waals surface area contributed by atoms with Gasteiger partial charge in [-0.15, -0.1) is 10.2 Å². The second kappa shape index (κ2) is 3.62. The molecule has 72 valence electrons. The minimum absolute atomic E-state index is 0.308. The van der Waals surface area contributed by atoms with Gasteiger partial charge in [0.05, 0.1) is 0 Å². The molecule has 0 bridgehead atoms. The topological polar surface area (TPSA) is 51.8 Å². The fraction of sp³-hybridized carbons (Fsp3) is 0. The molecule has 0 amide bonds. The fourth-order valence-corrected chi connectivity index (χ4v) is 2.21. The molecular formula is C8H5BrFN3S. The number of nitrogen functional groups attached to an aromatic ring is 1. The third kappa shape index (κ3) is 1.76. The maximum absolute atomic E-state index is 12.9. The number of hydrogen-bond acceptors (Lipinski definition) is 4. The normalized spacial score (nSPS) is 10.4. The number of benzene rings is 1. The van der Waals surface area contributed by atoms with Crippen LogP contribution in [0.5, 0.6) is 0 Å². The number of anilines is 1. The van der Waals surface area contributed by atoms with E-state index in [0.717, 1.165) is 4.47 Å². The summed E-state index contributed by atoms with van der Waals surface area (Å²) in [4.78, 5) is 0. The van der Waals surface area contributed by atoms with Gasteiger partial charge in [0.25, 0.3) is 0 Å². The third-order valence-electron chi connectivity index (χ3n) is 1.60. The molecule has 2 rings (SSSR count). The fourth-order valence-electron chi connectivity index (χ4n) is 1.00. The zero-order chi connectivity index (χ0) is 10.1. The smallest absolute Gasteiger partial charge is 0.203 e. The van der Waals surface area contributed by atoms with Gasteiger partial charge in [-0.05, 0) is 18.2 Å². The molecule has 0 aliphatic heterocycles. The van der Waals surface area contributed by atoms with E-state index in [1.807, 2.05) is 0 Å². The van der Waals surface area contributed by atoms with E-state index in [1.165, 1.54) is 23.5 Å². The lowest BCUT2D eigenvalue weighted by Crippen LogP contribution is -1.82. The second-order valence-corrected chi connectivity index (χ2v) is 4.43. The Morgan fingerprint density at radius 3 is 2.79 bits per heavy atom. The van der Waals surface area contributed by atoms with Crippen molar-refractivity contribution in [2.24, 2.45) is 0 Å². The first kappa shape index (κ1) is 9.54. The summed E-state index contributed by atoms with van der Waals surface area (Å²) in [6.07, 6.45) is 0. The van der Waals surface area contributed by atoms with Crippen LogP contribution in [0, 0.1) is 5.82 Å². The summed E-state index contributed by atoms with van der Waals surface area (Å²) in [6.45, 7) is 0. The zero-order valence-electron chi connectivity index (χ0n) is 6.87. The van der Waals surface area contributed by atoms with Gasteiger partial charge in [-0.2, -0.15) is 0 Å². The number of hydrogen-bond donors (Lipinski definition) is 1. The van der Waals surface area contributed by atoms with E-state index >= 15 is 0 Å². The van der Waals surface area contributed by atoms with Crippen molar-refractivity contribution in [3.05, 3.63) is 28.5 Å². The van der Waals surface area contributed by atoms with Crippen LogP contribution in [0.4, 0.5) is 9.52 Å². The maximum atomic E-state index is 12.9. The van der Waals surface area contributed by atoms with Gasteiger partial charge in [0.2, 0.25) is 5.13 Å². The van der Waals surface area contributed by atoms with Crippen molar-refractivity contribution >= 4 is 32.4 Å². The van der Waals surface area contributed by atoms with Gasteiger partial charge in [-0.3, -0.25) is 0 Å². The first-order valence-electron chi connectivity index (χ1n) is 3.71. The molecule has 6 heteroatoms. The van der Waals surface area contributed by atoms with Crippen molar-refractivity contribution in [2.75, 3.05) is 5.73 Å². The van der Waals surface area contributed by atoms with Crippen LogP contribution in [0.1, 0.15) is 0 Å². The number of halogens is 2. The zero-order valence-corrected chi connectivity index (χ0v) is 9.27. The highest BCUT2D eigenvalue weighted by Gasteiger charge is 2.09. The van der Waals surface area contributed by atoms with Crippen molar-refractivity contribution in [1.82, 2.24) is 10.2 Å². The molecule has 0 aliphatic carbocycles. The van der Waals surface area contributed by atoms with E-state index in [-0.39, 0.29) is 5.82 Å². The van der Waals surface area contributed by atoms with E-state index in [1.54, 1.807) is 6.07 Å². The number of nitrogens with two attached hydrogens (primary N) is 1. The van der Waals surface area contributed by atoms with Crippen molar-refractivity contribution in [3.63, 3.8) is 0 Å². The van der Waals surface area contributed by atoms with Crippen LogP contribution in [-0.4, -0.2) is 10.2 Å². The molecule has 0 aliphatic rings. The van der Waals surface area contributed by atoms with E-state index in [4.69, 9.17) is 5.73 Å². The largest absolute Gasteiger partial charge is 0.374 e. The molecule has 14 heavy (non-hydrogen) atoms. The molecule has 0 saturated heterocycles. The molecule has 1 aromatic heterocycles. The number of aromatic nitrogens is 2. The number of rotatable bonds is 1. The molecule has 3 nitrogen and oxygen atoms in total. The van der Waals surface area contributed by atoms with Crippen LogP contribution in [0.15, 0.2) is 22.7 Å². The molecule has 0 atom stereocenters.